The maximum Gasteiger partial charge on any atom is 0.181 e. The number of fused-ring (bicyclic) bond motifs is 1. The first-order valence-electron chi connectivity index (χ1n) is 3.86. The van der Waals surface area contributed by atoms with E-state index in [1.165, 1.54) is 6.39 Å². The molecule has 0 spiro atoms. The number of aromatic nitrogens is 1. The first-order chi connectivity index (χ1) is 5.90. The molecule has 0 saturated heterocycles. The van der Waals surface area contributed by atoms with Gasteiger partial charge in [0.2, 0.25) is 0 Å². The van der Waals surface area contributed by atoms with E-state index < -0.39 is 0 Å². The molecule has 2 heteroatoms. The van der Waals surface area contributed by atoms with Crippen LogP contribution in [0.2, 0.25) is 0 Å². The molecule has 2 aromatic rings. The lowest BCUT2D eigenvalue weighted by molar-refractivity contribution is 0.602. The Balaban J connectivity index is 2.60. The fraction of sp³-hybridized carbons (Fsp3) is 0.100. The van der Waals surface area contributed by atoms with Crippen molar-refractivity contribution in [2.24, 2.45) is 0 Å². The predicted molar refractivity (Wildman–Crippen MR) is 48.7 cm³/mol. The Hall–Kier alpha value is -1.57. The van der Waals surface area contributed by atoms with Crippen LogP contribution in [-0.4, -0.2) is 4.98 Å². The van der Waals surface area contributed by atoms with Gasteiger partial charge in [-0.05, 0) is 24.6 Å². The molecular weight excluding hydrogens is 150 g/mol. The summed E-state index contributed by atoms with van der Waals surface area (Å²) in [5.41, 5.74) is 2.88. The zero-order valence-electron chi connectivity index (χ0n) is 6.82. The standard InChI is InChI=1S/C10H9NO/c1-2-3-8-4-5-9-10(6-8)12-7-11-9/h2-7H,1H3/b3-2+. The normalized spacial score (nSPS) is 11.4. The van der Waals surface area contributed by atoms with Crippen LogP contribution in [0.4, 0.5) is 0 Å². The number of oxazole rings is 1. The van der Waals surface area contributed by atoms with Crippen molar-refractivity contribution in [1.29, 1.82) is 0 Å². The summed E-state index contributed by atoms with van der Waals surface area (Å²) >= 11 is 0. The highest BCUT2D eigenvalue weighted by Crippen LogP contribution is 2.14. The van der Waals surface area contributed by atoms with Gasteiger partial charge in [0.1, 0.15) is 5.52 Å². The fourth-order valence-corrected chi connectivity index (χ4v) is 1.17. The van der Waals surface area contributed by atoms with E-state index in [1.807, 2.05) is 37.3 Å². The summed E-state index contributed by atoms with van der Waals surface area (Å²) in [4.78, 5) is 4.03. The third kappa shape index (κ3) is 1.11. The molecule has 0 aliphatic carbocycles. The van der Waals surface area contributed by atoms with Gasteiger partial charge in [-0.15, -0.1) is 0 Å². The van der Waals surface area contributed by atoms with Gasteiger partial charge in [-0.3, -0.25) is 0 Å². The second-order valence-electron chi connectivity index (χ2n) is 2.58. The van der Waals surface area contributed by atoms with Crippen LogP contribution in [0.25, 0.3) is 17.2 Å². The van der Waals surface area contributed by atoms with Gasteiger partial charge in [0.05, 0.1) is 0 Å². The van der Waals surface area contributed by atoms with Crippen LogP contribution in [0.5, 0.6) is 0 Å². The molecule has 1 aromatic carbocycles. The second kappa shape index (κ2) is 2.81. The van der Waals surface area contributed by atoms with E-state index >= 15 is 0 Å². The molecule has 2 nitrogen and oxygen atoms in total. The molecule has 60 valence electrons. The van der Waals surface area contributed by atoms with E-state index in [2.05, 4.69) is 4.98 Å². The summed E-state index contributed by atoms with van der Waals surface area (Å²) in [6.45, 7) is 1.99. The van der Waals surface area contributed by atoms with Gasteiger partial charge in [-0.25, -0.2) is 4.98 Å². The smallest absolute Gasteiger partial charge is 0.181 e. The van der Waals surface area contributed by atoms with Gasteiger partial charge in [0.25, 0.3) is 0 Å². The van der Waals surface area contributed by atoms with E-state index in [0.29, 0.717) is 0 Å². The number of rotatable bonds is 1. The van der Waals surface area contributed by atoms with Crippen LogP contribution in [0, 0.1) is 0 Å². The highest BCUT2D eigenvalue weighted by atomic mass is 16.3. The van der Waals surface area contributed by atoms with Gasteiger partial charge < -0.3 is 4.42 Å². The molecule has 0 saturated carbocycles. The average molecular weight is 159 g/mol. The zero-order chi connectivity index (χ0) is 8.39. The van der Waals surface area contributed by atoms with Gasteiger partial charge in [0.15, 0.2) is 12.0 Å². The predicted octanol–water partition coefficient (Wildman–Crippen LogP) is 2.86. The van der Waals surface area contributed by atoms with E-state index in [-0.39, 0.29) is 0 Å². The quantitative estimate of drug-likeness (QED) is 0.639. The van der Waals surface area contributed by atoms with Crippen LogP contribution in [0.1, 0.15) is 12.5 Å². The molecular formula is C10H9NO. The summed E-state index contributed by atoms with van der Waals surface area (Å²) in [5.74, 6) is 0. The van der Waals surface area contributed by atoms with Crippen molar-refractivity contribution in [3.8, 4) is 0 Å². The molecule has 12 heavy (non-hydrogen) atoms. The number of benzene rings is 1. The molecule has 0 atom stereocenters. The third-order valence-electron chi connectivity index (χ3n) is 1.71. The van der Waals surface area contributed by atoms with E-state index in [9.17, 15) is 0 Å². The molecule has 1 heterocycles. The van der Waals surface area contributed by atoms with Crippen molar-refractivity contribution < 1.29 is 4.42 Å². The summed E-state index contributed by atoms with van der Waals surface area (Å²) in [7, 11) is 0. The molecule has 0 unspecified atom stereocenters. The number of hydrogen-bond acceptors (Lipinski definition) is 2. The van der Waals surface area contributed by atoms with E-state index in [4.69, 9.17) is 4.42 Å². The maximum atomic E-state index is 5.16. The van der Waals surface area contributed by atoms with Gasteiger partial charge in [0, 0.05) is 0 Å². The third-order valence-corrected chi connectivity index (χ3v) is 1.71. The fourth-order valence-electron chi connectivity index (χ4n) is 1.17. The topological polar surface area (TPSA) is 26.0 Å². The van der Waals surface area contributed by atoms with Crippen molar-refractivity contribution in [1.82, 2.24) is 4.98 Å². The minimum absolute atomic E-state index is 0.839. The first kappa shape index (κ1) is 7.10. The zero-order valence-corrected chi connectivity index (χ0v) is 6.82. The van der Waals surface area contributed by atoms with E-state index in [0.717, 1.165) is 16.7 Å². The maximum absolute atomic E-state index is 5.16. The highest BCUT2D eigenvalue weighted by molar-refractivity contribution is 5.75. The Bertz CT molecular complexity index is 414. The summed E-state index contributed by atoms with van der Waals surface area (Å²) in [5, 5.41) is 0. The van der Waals surface area contributed by atoms with Crippen molar-refractivity contribution in [3.63, 3.8) is 0 Å². The van der Waals surface area contributed by atoms with Crippen LogP contribution in [-0.2, 0) is 0 Å². The van der Waals surface area contributed by atoms with Crippen LogP contribution in [0.15, 0.2) is 35.1 Å². The lowest BCUT2D eigenvalue weighted by Gasteiger charge is -1.90. The van der Waals surface area contributed by atoms with Gasteiger partial charge in [-0.1, -0.05) is 18.2 Å². The molecule has 0 aliphatic heterocycles. The number of hydrogen-bond donors (Lipinski definition) is 0. The van der Waals surface area contributed by atoms with Crippen LogP contribution < -0.4 is 0 Å². The molecule has 2 rings (SSSR count). The van der Waals surface area contributed by atoms with Crippen LogP contribution in [0.3, 0.4) is 0 Å². The van der Waals surface area contributed by atoms with E-state index in [1.54, 1.807) is 0 Å². The lowest BCUT2D eigenvalue weighted by Crippen LogP contribution is -1.71. The van der Waals surface area contributed by atoms with Crippen LogP contribution >= 0.6 is 0 Å². The SMILES string of the molecule is C/C=C/c1ccc2ncoc2c1. The van der Waals surface area contributed by atoms with Gasteiger partial charge >= 0.3 is 0 Å². The largest absolute Gasteiger partial charge is 0.443 e. The minimum atomic E-state index is 0.839. The Morgan fingerprint density at radius 3 is 3.17 bits per heavy atom. The van der Waals surface area contributed by atoms with Crippen molar-refractivity contribution >= 4 is 17.2 Å². The average Bonchev–Trinajstić information content (AvgIpc) is 2.51. The van der Waals surface area contributed by atoms with Crippen molar-refractivity contribution in [2.75, 3.05) is 0 Å². The molecule has 0 fully saturated rings. The summed E-state index contributed by atoms with van der Waals surface area (Å²) < 4.78 is 5.16. The van der Waals surface area contributed by atoms with Crippen molar-refractivity contribution in [2.45, 2.75) is 6.92 Å². The number of allylic oxidation sites excluding steroid dienone is 1. The Morgan fingerprint density at radius 2 is 2.33 bits per heavy atom. The Morgan fingerprint density at radius 1 is 1.42 bits per heavy atom. The summed E-state index contributed by atoms with van der Waals surface area (Å²) in [6, 6.07) is 5.95. The molecule has 0 amide bonds. The highest BCUT2D eigenvalue weighted by Gasteiger charge is 1.96. The summed E-state index contributed by atoms with van der Waals surface area (Å²) in [6.07, 6.45) is 5.49. The van der Waals surface area contributed by atoms with Crippen molar-refractivity contribution in [3.05, 3.63) is 36.2 Å². The van der Waals surface area contributed by atoms with Gasteiger partial charge in [-0.2, -0.15) is 0 Å². The monoisotopic (exact) mass is 159 g/mol. The molecule has 0 radical (unpaired) electrons. The lowest BCUT2D eigenvalue weighted by atomic mass is 10.2. The molecule has 0 N–H and O–H groups in total. The minimum Gasteiger partial charge on any atom is -0.443 e. The number of nitrogens with zero attached hydrogens (tertiary/aromatic N) is 1. The Labute approximate surface area is 70.5 Å². The molecule has 1 aromatic heterocycles. The first-order valence-corrected chi connectivity index (χ1v) is 3.86. The molecule has 0 bridgehead atoms. The second-order valence-corrected chi connectivity index (χ2v) is 2.58. The molecule has 0 aliphatic rings. The Kier molecular flexibility index (Phi) is 1.67.